The molecule has 0 fully saturated rings. The molecule has 28 heavy (non-hydrogen) atoms. The first kappa shape index (κ1) is 19.5. The van der Waals surface area contributed by atoms with E-state index in [1.165, 1.54) is 42.5 Å². The largest absolute Gasteiger partial charge is 0.364 e. The molecule has 0 unspecified atom stereocenters. The highest BCUT2D eigenvalue weighted by Crippen LogP contribution is 2.25. The van der Waals surface area contributed by atoms with E-state index in [2.05, 4.69) is 15.5 Å². The summed E-state index contributed by atoms with van der Waals surface area (Å²) in [5.74, 6) is -1.14. The quantitative estimate of drug-likeness (QED) is 0.370. The van der Waals surface area contributed by atoms with Gasteiger partial charge in [-0.1, -0.05) is 6.92 Å². The van der Waals surface area contributed by atoms with Crippen LogP contribution in [-0.4, -0.2) is 25.0 Å². The van der Waals surface area contributed by atoms with Crippen LogP contribution in [0.5, 0.6) is 0 Å². The molecule has 8 nitrogen and oxygen atoms in total. The van der Waals surface area contributed by atoms with Crippen LogP contribution < -0.4 is 16.3 Å². The summed E-state index contributed by atoms with van der Waals surface area (Å²) in [6, 6.07) is 9.79. The number of H-pyrrole nitrogens is 1. The Morgan fingerprint density at radius 1 is 1.21 bits per heavy atom. The number of benzene rings is 2. The fraction of sp³-hybridized carbons (Fsp3) is 0.111. The number of nitrogens with one attached hydrogen (secondary N) is 2. The summed E-state index contributed by atoms with van der Waals surface area (Å²) < 4.78 is 36.4. The number of hydrogen-bond donors (Lipinski definition) is 4. The van der Waals surface area contributed by atoms with E-state index in [9.17, 15) is 17.6 Å². The van der Waals surface area contributed by atoms with Gasteiger partial charge in [0.1, 0.15) is 11.5 Å². The van der Waals surface area contributed by atoms with Crippen molar-refractivity contribution in [2.75, 3.05) is 5.43 Å². The summed E-state index contributed by atoms with van der Waals surface area (Å²) in [5.41, 5.74) is 10.4. The van der Waals surface area contributed by atoms with Crippen LogP contribution in [0.25, 0.3) is 10.9 Å². The summed E-state index contributed by atoms with van der Waals surface area (Å²) in [6.07, 6.45) is 0.423. The van der Waals surface area contributed by atoms with Gasteiger partial charge >= 0.3 is 0 Å². The van der Waals surface area contributed by atoms with E-state index in [1.807, 2.05) is 6.92 Å². The van der Waals surface area contributed by atoms with Gasteiger partial charge in [0.2, 0.25) is 10.0 Å². The van der Waals surface area contributed by atoms with E-state index in [-0.39, 0.29) is 10.6 Å². The zero-order valence-electron chi connectivity index (χ0n) is 14.9. The van der Waals surface area contributed by atoms with Gasteiger partial charge in [0.25, 0.3) is 5.91 Å². The number of rotatable bonds is 6. The molecule has 10 heteroatoms. The van der Waals surface area contributed by atoms with Crippen molar-refractivity contribution in [1.29, 1.82) is 0 Å². The van der Waals surface area contributed by atoms with E-state index < -0.39 is 21.7 Å². The number of aromatic nitrogens is 1. The molecule has 0 bridgehead atoms. The molecule has 1 heterocycles. The van der Waals surface area contributed by atoms with Gasteiger partial charge in [-0.15, -0.1) is 0 Å². The van der Waals surface area contributed by atoms with Gasteiger partial charge in [0.15, 0.2) is 0 Å². The number of halogens is 1. The number of primary sulfonamides is 1. The van der Waals surface area contributed by atoms with Gasteiger partial charge in [-0.25, -0.2) is 17.9 Å². The second-order valence-electron chi connectivity index (χ2n) is 6.02. The summed E-state index contributed by atoms with van der Waals surface area (Å²) in [4.78, 5) is 14.7. The molecule has 0 aliphatic carbocycles. The Hall–Kier alpha value is -3.24. The van der Waals surface area contributed by atoms with Crippen molar-refractivity contribution in [2.24, 2.45) is 16.0 Å². The van der Waals surface area contributed by atoms with Crippen molar-refractivity contribution in [1.82, 2.24) is 4.98 Å². The monoisotopic (exact) mass is 403 g/mol. The predicted octanol–water partition coefficient (Wildman–Crippen LogP) is 2.28. The molecule has 0 spiro atoms. The highest BCUT2D eigenvalue weighted by molar-refractivity contribution is 7.89. The van der Waals surface area contributed by atoms with Crippen LogP contribution in [0.3, 0.4) is 0 Å². The lowest BCUT2D eigenvalue weighted by atomic mass is 10.0. The van der Waals surface area contributed by atoms with Gasteiger partial charge in [0.05, 0.1) is 16.3 Å². The lowest BCUT2D eigenvalue weighted by molar-refractivity contribution is 0.0996. The topological polar surface area (TPSA) is 143 Å². The fourth-order valence-corrected chi connectivity index (χ4v) is 3.33. The number of carbonyl (C=O) groups excluding carboxylic acids is 1. The maximum atomic E-state index is 13.7. The molecule has 3 aromatic rings. The van der Waals surface area contributed by atoms with E-state index in [0.29, 0.717) is 34.3 Å². The third-order valence-corrected chi connectivity index (χ3v) is 5.06. The average Bonchev–Trinajstić information content (AvgIpc) is 3.01. The van der Waals surface area contributed by atoms with E-state index in [0.717, 1.165) is 0 Å². The summed E-state index contributed by atoms with van der Waals surface area (Å²) in [5, 5.41) is 9.86. The first-order valence-electron chi connectivity index (χ1n) is 8.27. The molecule has 0 radical (unpaired) electrons. The molecular weight excluding hydrogens is 385 g/mol. The lowest BCUT2D eigenvalue weighted by Crippen LogP contribution is -2.16. The Morgan fingerprint density at radius 2 is 1.89 bits per heavy atom. The number of primary amides is 1. The van der Waals surface area contributed by atoms with Gasteiger partial charge < -0.3 is 10.7 Å². The Balaban J connectivity index is 2.02. The van der Waals surface area contributed by atoms with E-state index >= 15 is 0 Å². The Labute approximate surface area is 160 Å². The van der Waals surface area contributed by atoms with E-state index in [1.54, 1.807) is 0 Å². The Bertz CT molecular complexity index is 1180. The maximum Gasteiger partial charge on any atom is 0.265 e. The average molecular weight is 403 g/mol. The molecule has 0 aliphatic rings. The van der Waals surface area contributed by atoms with Crippen molar-refractivity contribution in [3.8, 4) is 0 Å². The molecule has 3 rings (SSSR count). The zero-order chi connectivity index (χ0) is 20.5. The van der Waals surface area contributed by atoms with Gasteiger partial charge in [-0.05, 0) is 48.9 Å². The first-order chi connectivity index (χ1) is 13.2. The van der Waals surface area contributed by atoms with Gasteiger partial charge in [0, 0.05) is 16.5 Å². The second kappa shape index (κ2) is 7.41. The smallest absolute Gasteiger partial charge is 0.265 e. The molecule has 0 aliphatic heterocycles. The fourth-order valence-electron chi connectivity index (χ4n) is 2.81. The van der Waals surface area contributed by atoms with Crippen LogP contribution in [0.15, 0.2) is 52.5 Å². The number of carbonyl (C=O) groups is 1. The third kappa shape index (κ3) is 3.87. The van der Waals surface area contributed by atoms with Crippen LogP contribution in [-0.2, 0) is 10.0 Å². The van der Waals surface area contributed by atoms with E-state index in [4.69, 9.17) is 10.9 Å². The van der Waals surface area contributed by atoms with Crippen molar-refractivity contribution >= 4 is 38.2 Å². The number of fused-ring (bicyclic) bond motifs is 1. The number of sulfonamides is 1. The molecule has 2 aromatic carbocycles. The van der Waals surface area contributed by atoms with Crippen LogP contribution in [0.4, 0.5) is 10.1 Å². The van der Waals surface area contributed by atoms with Crippen molar-refractivity contribution in [3.05, 3.63) is 59.5 Å². The number of aromatic amines is 1. The Kier molecular flexibility index (Phi) is 5.16. The molecule has 6 N–H and O–H groups in total. The van der Waals surface area contributed by atoms with Crippen LogP contribution >= 0.6 is 0 Å². The number of nitrogens with two attached hydrogens (primary N) is 2. The molecule has 1 aromatic heterocycles. The minimum atomic E-state index is -3.79. The van der Waals surface area contributed by atoms with Crippen molar-refractivity contribution in [3.63, 3.8) is 0 Å². The lowest BCUT2D eigenvalue weighted by Gasteiger charge is -2.07. The maximum absolute atomic E-state index is 13.7. The molecule has 1 amide bonds. The van der Waals surface area contributed by atoms with Crippen molar-refractivity contribution < 1.29 is 17.6 Å². The normalized spacial score (nSPS) is 12.3. The highest BCUT2D eigenvalue weighted by Gasteiger charge is 2.20. The van der Waals surface area contributed by atoms with Crippen LogP contribution in [0.1, 0.15) is 29.4 Å². The van der Waals surface area contributed by atoms with Crippen LogP contribution in [0.2, 0.25) is 0 Å². The number of amides is 1. The molecule has 0 saturated heterocycles. The Morgan fingerprint density at radius 3 is 2.46 bits per heavy atom. The molecular formula is C18H18FN5O3S. The van der Waals surface area contributed by atoms with Crippen molar-refractivity contribution in [2.45, 2.75) is 18.2 Å². The predicted molar refractivity (Wildman–Crippen MR) is 105 cm³/mol. The SMILES string of the molecule is CC/C(=N\Nc1ccc(S(N)(=O)=O)cc1)c1c(C(N)=O)[nH]c2ccc(F)cc12. The second-order valence-corrected chi connectivity index (χ2v) is 7.58. The summed E-state index contributed by atoms with van der Waals surface area (Å²) in [6.45, 7) is 1.83. The standard InChI is InChI=1S/C18H18FN5O3S/c1-2-14(24-23-11-4-6-12(7-5-11)28(21,26)27)16-13-9-10(19)3-8-15(13)22-17(16)18(20)25/h3-9,22-23H,2H2,1H3,(H2,20,25)(H2,21,26,27)/b24-14+. The molecule has 146 valence electrons. The third-order valence-electron chi connectivity index (χ3n) is 4.13. The number of anilines is 1. The highest BCUT2D eigenvalue weighted by atomic mass is 32.2. The number of nitrogens with zero attached hydrogens (tertiary/aromatic N) is 1. The summed E-state index contributed by atoms with van der Waals surface area (Å²) >= 11 is 0. The van der Waals surface area contributed by atoms with Crippen LogP contribution in [0, 0.1) is 5.82 Å². The first-order valence-corrected chi connectivity index (χ1v) is 9.82. The zero-order valence-corrected chi connectivity index (χ0v) is 15.7. The van der Waals surface area contributed by atoms with Gasteiger partial charge in [-0.2, -0.15) is 5.10 Å². The van der Waals surface area contributed by atoms with Gasteiger partial charge in [-0.3, -0.25) is 10.2 Å². The molecule has 0 atom stereocenters. The molecule has 0 saturated carbocycles. The minimum absolute atomic E-state index is 0.0270. The number of hydrogen-bond acceptors (Lipinski definition) is 5. The number of hydrazone groups is 1. The summed E-state index contributed by atoms with van der Waals surface area (Å²) in [7, 11) is -3.79. The minimum Gasteiger partial charge on any atom is -0.364 e.